The third kappa shape index (κ3) is 4.97. The molecule has 1 aromatic rings. The molecule has 0 radical (unpaired) electrons. The summed E-state index contributed by atoms with van der Waals surface area (Å²) in [6, 6.07) is 4.62. The summed E-state index contributed by atoms with van der Waals surface area (Å²) in [6.45, 7) is 0. The summed E-state index contributed by atoms with van der Waals surface area (Å²) in [4.78, 5) is 26.1. The van der Waals surface area contributed by atoms with Gasteiger partial charge in [0.15, 0.2) is 6.10 Å². The van der Waals surface area contributed by atoms with Crippen molar-refractivity contribution >= 4 is 23.4 Å². The molecule has 35 heavy (non-hydrogen) atoms. The van der Waals surface area contributed by atoms with Crippen molar-refractivity contribution in [3.8, 4) is 5.75 Å². The lowest BCUT2D eigenvalue weighted by molar-refractivity contribution is -0.351. The molecule has 0 saturated heterocycles. The number of rotatable bonds is 5. The Bertz CT molecular complexity index is 989. The van der Waals surface area contributed by atoms with Crippen LogP contribution in [0.5, 0.6) is 5.75 Å². The normalized spacial score (nSPS) is 35.9. The minimum Gasteiger partial charge on any atom is -0.480 e. The Morgan fingerprint density at radius 2 is 1.74 bits per heavy atom. The molecule has 2 atom stereocenters. The van der Waals surface area contributed by atoms with E-state index in [1.165, 1.54) is 0 Å². The van der Waals surface area contributed by atoms with E-state index in [1.807, 2.05) is 0 Å². The number of alkyl halides is 3. The Kier molecular flexibility index (Phi) is 6.21. The molecule has 4 fully saturated rings. The Hall–Kier alpha value is -2.04. The van der Waals surface area contributed by atoms with Crippen molar-refractivity contribution in [1.82, 2.24) is 10.6 Å². The molecule has 1 aromatic carbocycles. The summed E-state index contributed by atoms with van der Waals surface area (Å²) in [5.74, 6) is 0.0444. The molecule has 3 N–H and O–H groups in total. The van der Waals surface area contributed by atoms with Crippen molar-refractivity contribution in [3.63, 3.8) is 0 Å². The summed E-state index contributed by atoms with van der Waals surface area (Å²) in [5.41, 5.74) is -0.401. The molecule has 2 amide bonds. The number of fused-ring (bicyclic) bond motifs is 4. The minimum atomic E-state index is -4.66. The van der Waals surface area contributed by atoms with E-state index in [-0.39, 0.29) is 37.1 Å². The molecule has 1 heterocycles. The van der Waals surface area contributed by atoms with Crippen LogP contribution in [0.2, 0.25) is 5.02 Å². The fourth-order valence-corrected chi connectivity index (χ4v) is 6.12. The third-order valence-electron chi connectivity index (χ3n) is 8.18. The highest BCUT2D eigenvalue weighted by Gasteiger charge is 2.54. The first-order chi connectivity index (χ1) is 16.5. The van der Waals surface area contributed by atoms with Crippen LogP contribution < -0.4 is 15.4 Å². The van der Waals surface area contributed by atoms with Crippen LogP contribution in [-0.4, -0.2) is 47.1 Å². The number of carbonyl (C=O) groups is 2. The number of hydrogen-bond donors (Lipinski definition) is 3. The zero-order valence-electron chi connectivity index (χ0n) is 19.0. The van der Waals surface area contributed by atoms with Gasteiger partial charge < -0.3 is 20.5 Å². The van der Waals surface area contributed by atoms with Crippen molar-refractivity contribution in [2.75, 3.05) is 0 Å². The highest BCUT2D eigenvalue weighted by molar-refractivity contribution is 6.30. The van der Waals surface area contributed by atoms with Gasteiger partial charge in [0.25, 0.3) is 5.91 Å². The van der Waals surface area contributed by atoms with Crippen molar-refractivity contribution in [3.05, 3.63) is 28.8 Å². The van der Waals surface area contributed by atoms with E-state index in [4.69, 9.17) is 16.3 Å². The van der Waals surface area contributed by atoms with Gasteiger partial charge in [0.1, 0.15) is 5.75 Å². The molecule has 0 unspecified atom stereocenters. The van der Waals surface area contributed by atoms with Crippen LogP contribution in [-0.2, 0) is 14.3 Å². The van der Waals surface area contributed by atoms with E-state index in [0.29, 0.717) is 54.9 Å². The lowest BCUT2D eigenvalue weighted by Crippen LogP contribution is -2.62. The molecule has 4 saturated carbocycles. The van der Waals surface area contributed by atoms with Crippen LogP contribution in [0.3, 0.4) is 0 Å². The van der Waals surface area contributed by atoms with Gasteiger partial charge in [-0.05, 0) is 69.6 Å². The van der Waals surface area contributed by atoms with Crippen LogP contribution in [0, 0.1) is 5.41 Å². The molecular formula is C24H28ClF3N2O5. The fourth-order valence-electron chi connectivity index (χ4n) is 5.94. The highest BCUT2D eigenvalue weighted by atomic mass is 35.5. The van der Waals surface area contributed by atoms with Crippen molar-refractivity contribution in [1.29, 1.82) is 0 Å². The summed E-state index contributed by atoms with van der Waals surface area (Å²) in [5, 5.41) is 17.0. The van der Waals surface area contributed by atoms with E-state index in [1.54, 1.807) is 18.2 Å². The Labute approximate surface area is 205 Å². The molecule has 0 spiro atoms. The third-order valence-corrected chi connectivity index (χ3v) is 8.41. The molecule has 4 aliphatic carbocycles. The van der Waals surface area contributed by atoms with Gasteiger partial charge in [0.05, 0.1) is 12.2 Å². The largest absolute Gasteiger partial charge is 0.522 e. The van der Waals surface area contributed by atoms with Gasteiger partial charge in [-0.3, -0.25) is 14.3 Å². The SMILES string of the molecule is O=C(NC12CCC(C(=O)N[C@H]3C[C@@H](OC(F)(F)F)C3)(CC1)CC2)[C@H]1C[C@@H](O)c2cc(Cl)ccc2O1. The molecule has 5 aliphatic rings. The minimum absolute atomic E-state index is 0.110. The molecule has 192 valence electrons. The maximum absolute atomic E-state index is 13.1. The van der Waals surface area contributed by atoms with E-state index < -0.39 is 35.6 Å². The van der Waals surface area contributed by atoms with E-state index >= 15 is 0 Å². The summed E-state index contributed by atoms with van der Waals surface area (Å²) < 4.78 is 46.8. The number of halogens is 4. The highest BCUT2D eigenvalue weighted by Crippen LogP contribution is 2.53. The van der Waals surface area contributed by atoms with Crippen molar-refractivity contribution < 1.29 is 37.3 Å². The smallest absolute Gasteiger partial charge is 0.480 e. The molecule has 6 rings (SSSR count). The van der Waals surface area contributed by atoms with Crippen LogP contribution in [0.25, 0.3) is 0 Å². The predicted octanol–water partition coefficient (Wildman–Crippen LogP) is 3.92. The topological polar surface area (TPSA) is 96.9 Å². The fraction of sp³-hybridized carbons (Fsp3) is 0.667. The van der Waals surface area contributed by atoms with Gasteiger partial charge in [-0.2, -0.15) is 0 Å². The number of amides is 2. The second-order valence-corrected chi connectivity index (χ2v) is 10.9. The van der Waals surface area contributed by atoms with E-state index in [9.17, 15) is 27.9 Å². The number of carbonyl (C=O) groups excluding carboxylic acids is 2. The average molecular weight is 517 g/mol. The van der Waals surface area contributed by atoms with Gasteiger partial charge in [-0.15, -0.1) is 13.2 Å². The van der Waals surface area contributed by atoms with Gasteiger partial charge in [-0.25, -0.2) is 0 Å². The van der Waals surface area contributed by atoms with E-state index in [0.717, 1.165) is 0 Å². The quantitative estimate of drug-likeness (QED) is 0.551. The first kappa shape index (κ1) is 24.6. The molecule has 7 nitrogen and oxygen atoms in total. The second kappa shape index (κ2) is 8.81. The van der Waals surface area contributed by atoms with Gasteiger partial charge in [0.2, 0.25) is 5.91 Å². The molecule has 0 aromatic heterocycles. The van der Waals surface area contributed by atoms with Gasteiger partial charge in [-0.1, -0.05) is 11.6 Å². The Morgan fingerprint density at radius 1 is 1.09 bits per heavy atom. The van der Waals surface area contributed by atoms with Gasteiger partial charge >= 0.3 is 6.36 Å². The zero-order chi connectivity index (χ0) is 25.0. The standard InChI is InChI=1S/C24H28ClF3N2O5/c25-13-1-2-18-16(9-13)17(31)12-19(34-18)20(32)30-23-6-3-22(4-7-23,5-8-23)21(33)29-14-10-15(11-14)35-24(26,27)28/h1-2,9,14-15,17,19,31H,3-8,10-12H2,(H,29,33)(H,30,32)/t14-,15+,17-,19-,22?,23?/m1/s1. The van der Waals surface area contributed by atoms with Crippen molar-refractivity contribution in [2.45, 2.75) is 94.0 Å². The number of aliphatic hydroxyl groups excluding tert-OH is 1. The molecular weight excluding hydrogens is 489 g/mol. The Balaban J connectivity index is 1.13. The molecule has 2 bridgehead atoms. The maximum atomic E-state index is 13.1. The molecule has 11 heteroatoms. The van der Waals surface area contributed by atoms with Crippen LogP contribution in [0.4, 0.5) is 13.2 Å². The number of benzene rings is 1. The molecule has 1 aliphatic heterocycles. The number of aliphatic hydroxyl groups is 1. The van der Waals surface area contributed by atoms with E-state index in [2.05, 4.69) is 15.4 Å². The first-order valence-corrected chi connectivity index (χ1v) is 12.4. The van der Waals surface area contributed by atoms with Crippen LogP contribution in [0.15, 0.2) is 18.2 Å². The summed E-state index contributed by atoms with van der Waals surface area (Å²) >= 11 is 5.99. The maximum Gasteiger partial charge on any atom is 0.522 e. The number of ether oxygens (including phenoxy) is 2. The second-order valence-electron chi connectivity index (χ2n) is 10.4. The average Bonchev–Trinajstić information content (AvgIpc) is 2.78. The summed E-state index contributed by atoms with van der Waals surface area (Å²) in [7, 11) is 0. The zero-order valence-corrected chi connectivity index (χ0v) is 19.8. The Morgan fingerprint density at radius 3 is 2.37 bits per heavy atom. The van der Waals surface area contributed by atoms with Gasteiger partial charge in [0, 0.05) is 34.0 Å². The van der Waals surface area contributed by atoms with Crippen LogP contribution in [0.1, 0.15) is 69.5 Å². The monoisotopic (exact) mass is 516 g/mol. The predicted molar refractivity (Wildman–Crippen MR) is 119 cm³/mol. The first-order valence-electron chi connectivity index (χ1n) is 12.0. The lowest BCUT2D eigenvalue weighted by atomic mass is 9.56. The number of hydrogen-bond acceptors (Lipinski definition) is 5. The van der Waals surface area contributed by atoms with Crippen LogP contribution >= 0.6 is 11.6 Å². The number of nitrogens with one attached hydrogen (secondary N) is 2. The lowest BCUT2D eigenvalue weighted by Gasteiger charge is -2.53. The van der Waals surface area contributed by atoms with Crippen molar-refractivity contribution in [2.24, 2.45) is 5.41 Å². The summed E-state index contributed by atoms with van der Waals surface area (Å²) in [6.07, 6.45) is -3.08.